The monoisotopic (exact) mass is 863 g/mol. The van der Waals surface area contributed by atoms with Crippen LogP contribution in [0.15, 0.2) is 23.9 Å². The normalized spacial score (nSPS) is 28.8. The summed E-state index contributed by atoms with van der Waals surface area (Å²) in [7, 11) is -16.8. The molecular formula is C28H48N7O16P3S. The zero-order valence-electron chi connectivity index (χ0n) is 29.5. The first-order valence-electron chi connectivity index (χ1n) is 17.4. The number of phosphoric acid groups is 3. The number of thioether (sulfide) groups is 1. The number of hydrogen-bond acceptors (Lipinski definition) is 14. The number of aliphatic hydroxyl groups is 1. The largest absolute Gasteiger partial charge is 0.490 e. The Bertz CT molecular complexity index is 1600. The first kappa shape index (κ1) is 45.3. The number of urea groups is 2. The van der Waals surface area contributed by atoms with Crippen LogP contribution in [0.25, 0.3) is 0 Å². The Kier molecular flexibility index (Phi) is 16.8. The minimum atomic E-state index is -5.74. The van der Waals surface area contributed by atoms with Gasteiger partial charge in [-0.1, -0.05) is 25.0 Å². The summed E-state index contributed by atoms with van der Waals surface area (Å²) in [5.41, 5.74) is 6.41. The minimum absolute atomic E-state index is 0.00182. The number of carbonyl (C=O) groups excluding carboxylic acids is 4. The van der Waals surface area contributed by atoms with Gasteiger partial charge >= 0.3 is 35.5 Å². The molecule has 4 aliphatic rings. The Balaban J connectivity index is 1.08. The zero-order chi connectivity index (χ0) is 40.4. The second-order valence-electron chi connectivity index (χ2n) is 13.0. The van der Waals surface area contributed by atoms with Gasteiger partial charge in [0.15, 0.2) is 0 Å². The maximum absolute atomic E-state index is 12.6. The van der Waals surface area contributed by atoms with Gasteiger partial charge in [0.2, 0.25) is 11.8 Å². The molecule has 3 saturated heterocycles. The standard InChI is InChI=1S/C28H48N7O16P3S/c29-26-17(14-35(28(40)34-26)24-13-19(36)20(49-24)15-48-53(44,45)51-54(46,47)50-52(41,42)43)7-6-12-31-22(37)9-2-1-5-11-30-23(38)10-4-3-8-21-25-18(16-55-21)32-27(39)33-25/h6-7,14,18-21,24-26,36H,1-5,8-13,15-16,29H2,(H,30,38)(H,31,37)(H,34,40)(H,44,45)(H,46,47)(H2,32,33,39)(H2,41,42,43)/b7-6+/t18-,19?,20?,21-,24?,25-,26?/m0/s1. The van der Waals surface area contributed by atoms with Crippen molar-refractivity contribution in [1.82, 2.24) is 31.5 Å². The number of fused-ring (bicyclic) bond motifs is 1. The van der Waals surface area contributed by atoms with Crippen molar-refractivity contribution in [3.8, 4) is 0 Å². The lowest BCUT2D eigenvalue weighted by atomic mass is 10.0. The molecule has 0 aromatic heterocycles. The third kappa shape index (κ3) is 15.1. The second kappa shape index (κ2) is 20.3. The molecule has 4 aliphatic heterocycles. The number of nitrogens with zero attached hydrogens (tertiary/aromatic N) is 1. The van der Waals surface area contributed by atoms with Crippen molar-refractivity contribution in [2.75, 3.05) is 25.4 Å². The van der Waals surface area contributed by atoms with E-state index in [2.05, 4.69) is 39.7 Å². The number of carbonyl (C=O) groups is 4. The Hall–Kier alpha value is -2.40. The van der Waals surface area contributed by atoms with Crippen LogP contribution in [0.2, 0.25) is 0 Å². The fourth-order valence-corrected chi connectivity index (χ4v) is 10.7. The predicted octanol–water partition coefficient (Wildman–Crippen LogP) is 0.0743. The van der Waals surface area contributed by atoms with E-state index in [9.17, 15) is 47.8 Å². The molecule has 12 N–H and O–H groups in total. The lowest BCUT2D eigenvalue weighted by Gasteiger charge is -2.32. The van der Waals surface area contributed by atoms with Crippen LogP contribution in [0.5, 0.6) is 0 Å². The number of ether oxygens (including phenoxy) is 1. The van der Waals surface area contributed by atoms with Crippen molar-refractivity contribution in [2.45, 2.75) is 99.7 Å². The molecule has 0 bridgehead atoms. The van der Waals surface area contributed by atoms with Crippen LogP contribution in [0.3, 0.4) is 0 Å². The summed E-state index contributed by atoms with van der Waals surface area (Å²) in [6.07, 6.45) is 5.05. The van der Waals surface area contributed by atoms with Crippen LogP contribution in [0.4, 0.5) is 9.59 Å². The molecule has 6 amide bonds. The van der Waals surface area contributed by atoms with Crippen molar-refractivity contribution in [3.63, 3.8) is 0 Å². The highest BCUT2D eigenvalue weighted by molar-refractivity contribution is 8.00. The average molecular weight is 864 g/mol. The van der Waals surface area contributed by atoms with Crippen LogP contribution in [-0.2, 0) is 41.2 Å². The fourth-order valence-electron chi connectivity index (χ4n) is 6.09. The van der Waals surface area contributed by atoms with E-state index in [0.29, 0.717) is 30.2 Å². The molecule has 27 heteroatoms. The van der Waals surface area contributed by atoms with Crippen molar-refractivity contribution in [3.05, 3.63) is 23.9 Å². The zero-order valence-corrected chi connectivity index (χ0v) is 33.0. The number of rotatable bonds is 22. The summed E-state index contributed by atoms with van der Waals surface area (Å²) < 4.78 is 51.7. The van der Waals surface area contributed by atoms with E-state index in [4.69, 9.17) is 20.3 Å². The summed E-state index contributed by atoms with van der Waals surface area (Å²) in [4.78, 5) is 85.8. The summed E-state index contributed by atoms with van der Waals surface area (Å²) >= 11 is 1.86. The van der Waals surface area contributed by atoms with Gasteiger partial charge in [-0.15, -0.1) is 0 Å². The molecule has 6 unspecified atom stereocenters. The molecule has 4 heterocycles. The number of phosphoric ester groups is 1. The molecule has 0 aromatic carbocycles. The van der Waals surface area contributed by atoms with Crippen LogP contribution >= 0.6 is 35.2 Å². The Morgan fingerprint density at radius 2 is 1.69 bits per heavy atom. The number of nitrogens with one attached hydrogen (secondary N) is 5. The van der Waals surface area contributed by atoms with Gasteiger partial charge in [-0.2, -0.15) is 20.4 Å². The van der Waals surface area contributed by atoms with E-state index in [0.717, 1.165) is 42.8 Å². The summed E-state index contributed by atoms with van der Waals surface area (Å²) in [5.74, 6) is 0.729. The molecule has 9 atom stereocenters. The maximum Gasteiger partial charge on any atom is 0.490 e. The lowest BCUT2D eigenvalue weighted by molar-refractivity contribution is -0.122. The van der Waals surface area contributed by atoms with Gasteiger partial charge in [0.25, 0.3) is 0 Å². The summed E-state index contributed by atoms with van der Waals surface area (Å²) in [5, 5.41) is 24.8. The molecule has 0 saturated carbocycles. The van der Waals surface area contributed by atoms with Crippen LogP contribution in [0, 0.1) is 0 Å². The molecule has 0 spiro atoms. The van der Waals surface area contributed by atoms with E-state index in [1.54, 1.807) is 12.2 Å². The molecule has 23 nitrogen and oxygen atoms in total. The van der Waals surface area contributed by atoms with Gasteiger partial charge in [0, 0.05) is 55.1 Å². The molecule has 312 valence electrons. The van der Waals surface area contributed by atoms with E-state index >= 15 is 0 Å². The van der Waals surface area contributed by atoms with E-state index < -0.39 is 60.7 Å². The van der Waals surface area contributed by atoms with Crippen LogP contribution < -0.4 is 32.3 Å². The second-order valence-corrected chi connectivity index (χ2v) is 18.7. The van der Waals surface area contributed by atoms with E-state index in [1.165, 1.54) is 6.20 Å². The molecule has 0 aliphatic carbocycles. The highest BCUT2D eigenvalue weighted by Gasteiger charge is 2.45. The molecule has 3 fully saturated rings. The van der Waals surface area contributed by atoms with Gasteiger partial charge in [-0.3, -0.25) is 19.0 Å². The molecule has 4 rings (SSSR count). The van der Waals surface area contributed by atoms with Gasteiger partial charge in [-0.25, -0.2) is 23.3 Å². The van der Waals surface area contributed by atoms with Gasteiger partial charge in [0.1, 0.15) is 18.5 Å². The number of unbranched alkanes of at least 4 members (excludes halogenated alkanes) is 3. The Morgan fingerprint density at radius 1 is 0.982 bits per heavy atom. The summed E-state index contributed by atoms with van der Waals surface area (Å²) in [6.45, 7) is -0.229. The van der Waals surface area contributed by atoms with Gasteiger partial charge in [-0.05, 0) is 25.7 Å². The molecular weight excluding hydrogens is 815 g/mol. The van der Waals surface area contributed by atoms with Crippen LogP contribution in [-0.4, -0.2) is 121 Å². The van der Waals surface area contributed by atoms with Crippen LogP contribution in [0.1, 0.15) is 57.8 Å². The van der Waals surface area contributed by atoms with Crippen molar-refractivity contribution in [2.24, 2.45) is 5.73 Å². The summed E-state index contributed by atoms with van der Waals surface area (Å²) in [6, 6.07) is -0.442. The third-order valence-electron chi connectivity index (χ3n) is 8.70. The molecule has 0 radical (unpaired) electrons. The fraction of sp³-hybridized carbons (Fsp3) is 0.714. The Labute approximate surface area is 320 Å². The van der Waals surface area contributed by atoms with Crippen molar-refractivity contribution >= 4 is 59.1 Å². The van der Waals surface area contributed by atoms with E-state index in [-0.39, 0.29) is 49.3 Å². The number of hydrogen-bond donors (Lipinski definition) is 11. The molecule has 55 heavy (non-hydrogen) atoms. The number of nitrogens with two attached hydrogens (primary N) is 1. The SMILES string of the molecule is NC1NC(=O)N(C2CC(O)C(COP(=O)(O)OP(=O)(O)OP(=O)(O)O)O2)C=C1/C=C/CNC(=O)CCCCCNC(=O)CCCC[C@@H]1SC[C@@H]2NC(=O)N[C@@H]21. The number of amides is 6. The first-order chi connectivity index (χ1) is 25.8. The Morgan fingerprint density at radius 3 is 2.42 bits per heavy atom. The topological polar surface area (TPSA) is 347 Å². The van der Waals surface area contributed by atoms with Gasteiger partial charge in [0.05, 0.1) is 24.8 Å². The third-order valence-corrected chi connectivity index (χ3v) is 14.0. The molecule has 0 aromatic rings. The van der Waals surface area contributed by atoms with Crippen molar-refractivity contribution < 1.29 is 75.4 Å². The highest BCUT2D eigenvalue weighted by Crippen LogP contribution is 2.66. The maximum atomic E-state index is 12.6. The van der Waals surface area contributed by atoms with E-state index in [1.807, 2.05) is 11.8 Å². The van der Waals surface area contributed by atoms with Gasteiger partial charge < -0.3 is 61.7 Å². The number of aliphatic hydroxyl groups excluding tert-OH is 1. The highest BCUT2D eigenvalue weighted by atomic mass is 32.2. The quantitative estimate of drug-likeness (QED) is 0.0390. The lowest BCUT2D eigenvalue weighted by Crippen LogP contribution is -2.54. The predicted molar refractivity (Wildman–Crippen MR) is 193 cm³/mol. The first-order valence-corrected chi connectivity index (χ1v) is 22.9. The minimum Gasteiger partial charge on any atom is -0.390 e. The smallest absolute Gasteiger partial charge is 0.390 e. The van der Waals surface area contributed by atoms with Crippen molar-refractivity contribution in [1.29, 1.82) is 0 Å². The average Bonchev–Trinajstić information content (AvgIpc) is 3.74.